The second kappa shape index (κ2) is 6.04. The first-order valence-corrected chi connectivity index (χ1v) is 6.98. The summed E-state index contributed by atoms with van der Waals surface area (Å²) >= 11 is 9.54. The molecule has 0 amide bonds. The lowest BCUT2D eigenvalue weighted by Crippen LogP contribution is -2.16. The molecule has 0 bridgehead atoms. The maximum atomic E-state index is 6.14. The number of rotatable bonds is 3. The first-order valence-electron chi connectivity index (χ1n) is 5.81. The van der Waals surface area contributed by atoms with E-state index in [0.29, 0.717) is 12.7 Å². The molecule has 3 heteroatoms. The van der Waals surface area contributed by atoms with Crippen LogP contribution in [0.25, 0.3) is 0 Å². The molecule has 0 aliphatic heterocycles. The molecule has 1 nitrogen and oxygen atoms in total. The Morgan fingerprint density at radius 3 is 2.69 bits per heavy atom. The fraction of sp³-hybridized carbons (Fsp3) is 0.538. The Morgan fingerprint density at radius 2 is 2.00 bits per heavy atom. The van der Waals surface area contributed by atoms with Crippen LogP contribution >= 0.6 is 27.5 Å². The molecule has 0 spiro atoms. The third-order valence-electron chi connectivity index (χ3n) is 3.04. The summed E-state index contributed by atoms with van der Waals surface area (Å²) < 4.78 is 6.90. The summed E-state index contributed by atoms with van der Waals surface area (Å²) in [6.07, 6.45) is 6.81. The number of halogens is 2. The molecule has 0 radical (unpaired) electrons. The van der Waals surface area contributed by atoms with E-state index in [1.807, 2.05) is 18.2 Å². The van der Waals surface area contributed by atoms with Gasteiger partial charge in [-0.25, -0.2) is 0 Å². The van der Waals surface area contributed by atoms with Gasteiger partial charge in [-0.2, -0.15) is 0 Å². The van der Waals surface area contributed by atoms with E-state index in [4.69, 9.17) is 16.3 Å². The van der Waals surface area contributed by atoms with E-state index in [2.05, 4.69) is 15.9 Å². The first-order chi connectivity index (χ1) is 7.75. The zero-order valence-corrected chi connectivity index (χ0v) is 11.6. The minimum absolute atomic E-state index is 0.438. The maximum absolute atomic E-state index is 6.14. The smallest absolute Gasteiger partial charge is 0.0735 e. The van der Waals surface area contributed by atoms with Crippen molar-refractivity contribution in [3.05, 3.63) is 33.3 Å². The SMILES string of the molecule is Clc1cc(Br)ccc1COC1CCCCC1. The summed E-state index contributed by atoms with van der Waals surface area (Å²) in [7, 11) is 0. The lowest BCUT2D eigenvalue weighted by Gasteiger charge is -2.22. The van der Waals surface area contributed by atoms with Gasteiger partial charge in [0.2, 0.25) is 0 Å². The van der Waals surface area contributed by atoms with E-state index in [1.54, 1.807) is 0 Å². The van der Waals surface area contributed by atoms with Crippen molar-refractivity contribution < 1.29 is 4.74 Å². The highest BCUT2D eigenvalue weighted by Crippen LogP contribution is 2.25. The van der Waals surface area contributed by atoms with Crippen LogP contribution in [0.5, 0.6) is 0 Å². The third kappa shape index (κ3) is 3.47. The van der Waals surface area contributed by atoms with Crippen LogP contribution in [0, 0.1) is 0 Å². The Hall–Kier alpha value is -0.0500. The predicted molar refractivity (Wildman–Crippen MR) is 70.8 cm³/mol. The normalized spacial score (nSPS) is 17.6. The monoisotopic (exact) mass is 302 g/mol. The van der Waals surface area contributed by atoms with Gasteiger partial charge in [0.15, 0.2) is 0 Å². The molecule has 88 valence electrons. The van der Waals surface area contributed by atoms with Crippen LogP contribution in [0.2, 0.25) is 5.02 Å². The van der Waals surface area contributed by atoms with Gasteiger partial charge in [-0.1, -0.05) is 52.9 Å². The van der Waals surface area contributed by atoms with Crippen molar-refractivity contribution in [3.8, 4) is 0 Å². The van der Waals surface area contributed by atoms with Crippen molar-refractivity contribution in [3.63, 3.8) is 0 Å². The molecular formula is C13H16BrClO. The number of hydrogen-bond donors (Lipinski definition) is 0. The number of ether oxygens (including phenoxy) is 1. The average Bonchev–Trinajstić information content (AvgIpc) is 2.29. The largest absolute Gasteiger partial charge is 0.373 e. The number of benzene rings is 1. The van der Waals surface area contributed by atoms with Gasteiger partial charge in [0, 0.05) is 9.50 Å². The first kappa shape index (κ1) is 12.4. The van der Waals surface area contributed by atoms with Crippen molar-refractivity contribution in [2.24, 2.45) is 0 Å². The maximum Gasteiger partial charge on any atom is 0.0735 e. The second-order valence-corrected chi connectivity index (χ2v) is 5.63. The summed E-state index contributed by atoms with van der Waals surface area (Å²) in [4.78, 5) is 0. The lowest BCUT2D eigenvalue weighted by molar-refractivity contribution is 0.0169. The van der Waals surface area contributed by atoms with Gasteiger partial charge in [0.25, 0.3) is 0 Å². The molecule has 1 aromatic carbocycles. The molecule has 1 fully saturated rings. The van der Waals surface area contributed by atoms with Crippen LogP contribution < -0.4 is 0 Å². The van der Waals surface area contributed by atoms with Crippen LogP contribution in [0.15, 0.2) is 22.7 Å². The van der Waals surface area contributed by atoms with E-state index in [1.165, 1.54) is 32.1 Å². The molecule has 0 atom stereocenters. The Kier molecular flexibility index (Phi) is 4.68. The zero-order valence-electron chi connectivity index (χ0n) is 9.22. The molecule has 1 saturated carbocycles. The second-order valence-electron chi connectivity index (χ2n) is 4.31. The van der Waals surface area contributed by atoms with Crippen LogP contribution in [0.4, 0.5) is 0 Å². The van der Waals surface area contributed by atoms with Gasteiger partial charge >= 0.3 is 0 Å². The summed E-state index contributed by atoms with van der Waals surface area (Å²) in [6, 6.07) is 5.95. The van der Waals surface area contributed by atoms with Crippen LogP contribution in [0.1, 0.15) is 37.7 Å². The lowest BCUT2D eigenvalue weighted by atomic mass is 9.98. The molecule has 2 rings (SSSR count). The molecule has 0 N–H and O–H groups in total. The highest BCUT2D eigenvalue weighted by Gasteiger charge is 2.14. The summed E-state index contributed by atoms with van der Waals surface area (Å²) in [5, 5.41) is 0.783. The number of hydrogen-bond acceptors (Lipinski definition) is 1. The summed E-state index contributed by atoms with van der Waals surface area (Å²) in [5.74, 6) is 0. The van der Waals surface area contributed by atoms with E-state index >= 15 is 0 Å². The van der Waals surface area contributed by atoms with Crippen LogP contribution in [-0.2, 0) is 11.3 Å². The third-order valence-corrected chi connectivity index (χ3v) is 3.89. The Bertz CT molecular complexity index is 348. The van der Waals surface area contributed by atoms with Crippen molar-refractivity contribution in [2.75, 3.05) is 0 Å². The summed E-state index contributed by atoms with van der Waals surface area (Å²) in [6.45, 7) is 0.636. The Labute approximate surface area is 110 Å². The van der Waals surface area contributed by atoms with Gasteiger partial charge in [-0.05, 0) is 30.5 Å². The highest BCUT2D eigenvalue weighted by molar-refractivity contribution is 9.10. The van der Waals surface area contributed by atoms with Gasteiger partial charge in [-0.3, -0.25) is 0 Å². The van der Waals surface area contributed by atoms with Crippen molar-refractivity contribution >= 4 is 27.5 Å². The highest BCUT2D eigenvalue weighted by atomic mass is 79.9. The minimum Gasteiger partial charge on any atom is -0.373 e. The molecule has 0 unspecified atom stereocenters. The van der Waals surface area contributed by atoms with Crippen molar-refractivity contribution in [1.29, 1.82) is 0 Å². The quantitative estimate of drug-likeness (QED) is 0.767. The van der Waals surface area contributed by atoms with Gasteiger partial charge in [0.1, 0.15) is 0 Å². The van der Waals surface area contributed by atoms with Crippen LogP contribution in [-0.4, -0.2) is 6.10 Å². The predicted octanol–water partition coefficient (Wildman–Crippen LogP) is 4.95. The molecule has 1 aromatic rings. The summed E-state index contributed by atoms with van der Waals surface area (Å²) in [5.41, 5.74) is 1.08. The van der Waals surface area contributed by atoms with E-state index in [-0.39, 0.29) is 0 Å². The van der Waals surface area contributed by atoms with Gasteiger partial charge in [-0.15, -0.1) is 0 Å². The fourth-order valence-corrected chi connectivity index (χ4v) is 2.81. The molecule has 0 aromatic heterocycles. The zero-order chi connectivity index (χ0) is 11.4. The Morgan fingerprint density at radius 1 is 1.25 bits per heavy atom. The molecule has 1 aliphatic rings. The molecule has 0 saturated heterocycles. The molecular weight excluding hydrogens is 287 g/mol. The van der Waals surface area contributed by atoms with Crippen molar-refractivity contribution in [2.45, 2.75) is 44.8 Å². The van der Waals surface area contributed by atoms with Gasteiger partial charge in [0.05, 0.1) is 12.7 Å². The van der Waals surface area contributed by atoms with Crippen molar-refractivity contribution in [1.82, 2.24) is 0 Å². The minimum atomic E-state index is 0.438. The molecule has 0 heterocycles. The molecule has 16 heavy (non-hydrogen) atoms. The Balaban J connectivity index is 1.88. The van der Waals surface area contributed by atoms with E-state index < -0.39 is 0 Å². The van der Waals surface area contributed by atoms with E-state index in [0.717, 1.165) is 15.1 Å². The fourth-order valence-electron chi connectivity index (χ4n) is 2.08. The molecule has 1 aliphatic carbocycles. The van der Waals surface area contributed by atoms with Gasteiger partial charge < -0.3 is 4.74 Å². The van der Waals surface area contributed by atoms with Crippen LogP contribution in [0.3, 0.4) is 0 Å². The topological polar surface area (TPSA) is 9.23 Å². The average molecular weight is 304 g/mol. The van der Waals surface area contributed by atoms with E-state index in [9.17, 15) is 0 Å². The standard InChI is InChI=1S/C13H16BrClO/c14-11-7-6-10(13(15)8-11)9-16-12-4-2-1-3-5-12/h6-8,12H,1-5,9H2.